The first-order chi connectivity index (χ1) is 9.25. The Hall–Kier alpha value is -1.10. The summed E-state index contributed by atoms with van der Waals surface area (Å²) in [6.45, 7) is 9.29. The standard InChI is InChI=1S/C15H29N3O2/c1-5-6-12(19)17-11-7-9-18(10-8-11)14(20)13(16)15(2,3)4/h11,13H,5-10,16H2,1-4H3,(H,17,19). The van der Waals surface area contributed by atoms with Crippen molar-refractivity contribution in [2.24, 2.45) is 11.1 Å². The third kappa shape index (κ3) is 4.78. The summed E-state index contributed by atoms with van der Waals surface area (Å²) >= 11 is 0. The number of nitrogens with zero attached hydrogens (tertiary/aromatic N) is 1. The van der Waals surface area contributed by atoms with E-state index in [1.807, 2.05) is 32.6 Å². The van der Waals surface area contributed by atoms with E-state index in [-0.39, 0.29) is 23.3 Å². The summed E-state index contributed by atoms with van der Waals surface area (Å²) in [5.41, 5.74) is 5.80. The zero-order valence-corrected chi connectivity index (χ0v) is 13.2. The number of amides is 2. The van der Waals surface area contributed by atoms with Crippen molar-refractivity contribution in [3.63, 3.8) is 0 Å². The lowest BCUT2D eigenvalue weighted by atomic mass is 9.86. The molecule has 1 rings (SSSR count). The smallest absolute Gasteiger partial charge is 0.240 e. The molecule has 0 aliphatic carbocycles. The highest BCUT2D eigenvalue weighted by atomic mass is 16.2. The lowest BCUT2D eigenvalue weighted by molar-refractivity contribution is -0.136. The Kier molecular flexibility index (Phi) is 5.99. The van der Waals surface area contributed by atoms with Gasteiger partial charge in [-0.25, -0.2) is 0 Å². The highest BCUT2D eigenvalue weighted by Gasteiger charge is 2.33. The van der Waals surface area contributed by atoms with Gasteiger partial charge in [0.15, 0.2) is 0 Å². The van der Waals surface area contributed by atoms with E-state index in [1.54, 1.807) is 0 Å². The van der Waals surface area contributed by atoms with Crippen molar-refractivity contribution in [1.29, 1.82) is 0 Å². The summed E-state index contributed by atoms with van der Waals surface area (Å²) < 4.78 is 0. The van der Waals surface area contributed by atoms with Gasteiger partial charge in [-0.05, 0) is 24.7 Å². The fraction of sp³-hybridized carbons (Fsp3) is 0.867. The van der Waals surface area contributed by atoms with Crippen molar-refractivity contribution in [2.75, 3.05) is 13.1 Å². The minimum atomic E-state index is -0.464. The van der Waals surface area contributed by atoms with Crippen LogP contribution in [-0.4, -0.2) is 41.9 Å². The van der Waals surface area contributed by atoms with Crippen LogP contribution in [0, 0.1) is 5.41 Å². The van der Waals surface area contributed by atoms with E-state index in [4.69, 9.17) is 5.73 Å². The molecule has 1 aliphatic rings. The van der Waals surface area contributed by atoms with Gasteiger partial charge in [0.1, 0.15) is 0 Å². The monoisotopic (exact) mass is 283 g/mol. The third-order valence-corrected chi connectivity index (χ3v) is 3.85. The van der Waals surface area contributed by atoms with Crippen molar-refractivity contribution in [3.05, 3.63) is 0 Å². The van der Waals surface area contributed by atoms with Crippen LogP contribution in [0.1, 0.15) is 53.4 Å². The van der Waals surface area contributed by atoms with Crippen molar-refractivity contribution in [2.45, 2.75) is 65.5 Å². The number of carbonyl (C=O) groups is 2. The van der Waals surface area contributed by atoms with Crippen LogP contribution in [-0.2, 0) is 9.59 Å². The van der Waals surface area contributed by atoms with Gasteiger partial charge in [-0.2, -0.15) is 0 Å². The zero-order chi connectivity index (χ0) is 15.3. The number of likely N-dealkylation sites (tertiary alicyclic amines) is 1. The summed E-state index contributed by atoms with van der Waals surface area (Å²) in [7, 11) is 0. The van der Waals surface area contributed by atoms with Crippen LogP contribution in [0.15, 0.2) is 0 Å². The average Bonchev–Trinajstić information content (AvgIpc) is 2.37. The van der Waals surface area contributed by atoms with E-state index in [0.29, 0.717) is 19.5 Å². The topological polar surface area (TPSA) is 75.4 Å². The number of hydrogen-bond donors (Lipinski definition) is 2. The molecule has 0 aromatic carbocycles. The normalized spacial score (nSPS) is 18.8. The lowest BCUT2D eigenvalue weighted by Crippen LogP contribution is -2.54. The molecule has 3 N–H and O–H groups in total. The first-order valence-electron chi connectivity index (χ1n) is 7.59. The second-order valence-corrected chi connectivity index (χ2v) is 6.76. The van der Waals surface area contributed by atoms with Gasteiger partial charge >= 0.3 is 0 Å². The predicted molar refractivity (Wildman–Crippen MR) is 80.1 cm³/mol. The number of rotatable bonds is 4. The van der Waals surface area contributed by atoms with Gasteiger partial charge in [0.05, 0.1) is 6.04 Å². The number of carbonyl (C=O) groups excluding carboxylic acids is 2. The van der Waals surface area contributed by atoms with Crippen LogP contribution in [0.3, 0.4) is 0 Å². The molecule has 1 heterocycles. The fourth-order valence-electron chi connectivity index (χ4n) is 2.34. The Bertz CT molecular complexity index is 342. The quantitative estimate of drug-likeness (QED) is 0.816. The highest BCUT2D eigenvalue weighted by molar-refractivity contribution is 5.82. The Morgan fingerprint density at radius 3 is 2.30 bits per heavy atom. The van der Waals surface area contributed by atoms with E-state index in [1.165, 1.54) is 0 Å². The molecule has 0 radical (unpaired) electrons. The maximum atomic E-state index is 12.3. The predicted octanol–water partition coefficient (Wildman–Crippen LogP) is 1.27. The van der Waals surface area contributed by atoms with Gasteiger partial charge in [0.25, 0.3) is 0 Å². The van der Waals surface area contributed by atoms with Crippen LogP contribution in [0.2, 0.25) is 0 Å². The van der Waals surface area contributed by atoms with Crippen molar-refractivity contribution in [3.8, 4) is 0 Å². The Labute approximate surface area is 122 Å². The molecule has 0 saturated carbocycles. The van der Waals surface area contributed by atoms with E-state index >= 15 is 0 Å². The zero-order valence-electron chi connectivity index (χ0n) is 13.2. The fourth-order valence-corrected chi connectivity index (χ4v) is 2.34. The Morgan fingerprint density at radius 2 is 1.85 bits per heavy atom. The van der Waals surface area contributed by atoms with Gasteiger partial charge in [-0.15, -0.1) is 0 Å². The Morgan fingerprint density at radius 1 is 1.30 bits per heavy atom. The lowest BCUT2D eigenvalue weighted by Gasteiger charge is -2.36. The van der Waals surface area contributed by atoms with Crippen LogP contribution in [0.25, 0.3) is 0 Å². The highest BCUT2D eigenvalue weighted by Crippen LogP contribution is 2.21. The molecule has 0 aromatic heterocycles. The van der Waals surface area contributed by atoms with Crippen LogP contribution >= 0.6 is 0 Å². The molecular weight excluding hydrogens is 254 g/mol. The number of nitrogens with two attached hydrogens (primary N) is 1. The van der Waals surface area contributed by atoms with Crippen LogP contribution in [0.5, 0.6) is 0 Å². The molecule has 116 valence electrons. The maximum absolute atomic E-state index is 12.3. The minimum absolute atomic E-state index is 0.0239. The molecular formula is C15H29N3O2. The van der Waals surface area contributed by atoms with E-state index in [0.717, 1.165) is 19.3 Å². The van der Waals surface area contributed by atoms with Gasteiger partial charge in [0.2, 0.25) is 11.8 Å². The molecule has 1 aliphatic heterocycles. The molecule has 0 bridgehead atoms. The molecule has 20 heavy (non-hydrogen) atoms. The first kappa shape index (κ1) is 17.0. The largest absolute Gasteiger partial charge is 0.353 e. The van der Waals surface area contributed by atoms with Crippen molar-refractivity contribution >= 4 is 11.8 Å². The van der Waals surface area contributed by atoms with Crippen molar-refractivity contribution in [1.82, 2.24) is 10.2 Å². The van der Waals surface area contributed by atoms with E-state index < -0.39 is 6.04 Å². The molecule has 2 amide bonds. The summed E-state index contributed by atoms with van der Waals surface area (Å²) in [5, 5.41) is 3.03. The Balaban J connectivity index is 2.42. The number of piperidine rings is 1. The second-order valence-electron chi connectivity index (χ2n) is 6.76. The van der Waals surface area contributed by atoms with Crippen LogP contribution in [0.4, 0.5) is 0 Å². The molecule has 5 nitrogen and oxygen atoms in total. The second kappa shape index (κ2) is 7.07. The van der Waals surface area contributed by atoms with Crippen LogP contribution < -0.4 is 11.1 Å². The van der Waals surface area contributed by atoms with Gasteiger partial charge in [-0.3, -0.25) is 9.59 Å². The molecule has 1 atom stereocenters. The number of hydrogen-bond acceptors (Lipinski definition) is 3. The maximum Gasteiger partial charge on any atom is 0.240 e. The van der Waals surface area contributed by atoms with Gasteiger partial charge in [-0.1, -0.05) is 27.7 Å². The number of nitrogens with one attached hydrogen (secondary N) is 1. The molecule has 0 spiro atoms. The SMILES string of the molecule is CCCC(=O)NC1CCN(C(=O)C(N)C(C)(C)C)CC1. The minimum Gasteiger partial charge on any atom is -0.353 e. The van der Waals surface area contributed by atoms with Crippen molar-refractivity contribution < 1.29 is 9.59 Å². The van der Waals surface area contributed by atoms with Gasteiger partial charge in [0, 0.05) is 25.6 Å². The summed E-state index contributed by atoms with van der Waals surface area (Å²) in [5.74, 6) is 0.138. The van der Waals surface area contributed by atoms with Gasteiger partial charge < -0.3 is 16.0 Å². The third-order valence-electron chi connectivity index (χ3n) is 3.85. The average molecular weight is 283 g/mol. The van der Waals surface area contributed by atoms with E-state index in [9.17, 15) is 9.59 Å². The molecule has 0 aromatic rings. The molecule has 1 unspecified atom stereocenters. The van der Waals surface area contributed by atoms with E-state index in [2.05, 4.69) is 5.32 Å². The summed E-state index contributed by atoms with van der Waals surface area (Å²) in [6.07, 6.45) is 3.08. The molecule has 1 saturated heterocycles. The summed E-state index contributed by atoms with van der Waals surface area (Å²) in [4.78, 5) is 25.7. The molecule has 5 heteroatoms. The first-order valence-corrected chi connectivity index (χ1v) is 7.59. The molecule has 1 fully saturated rings. The summed E-state index contributed by atoms with van der Waals surface area (Å²) in [6, 6.07) is -0.266.